The van der Waals surface area contributed by atoms with Crippen molar-refractivity contribution in [1.82, 2.24) is 10.7 Å². The Hall–Kier alpha value is -1.72. The van der Waals surface area contributed by atoms with Crippen LogP contribution in [-0.4, -0.2) is 17.7 Å². The molecule has 0 aliphatic carbocycles. The molecular weight excluding hydrogens is 230 g/mol. The highest BCUT2D eigenvalue weighted by Crippen LogP contribution is 1.99. The highest BCUT2D eigenvalue weighted by molar-refractivity contribution is 6.38. The van der Waals surface area contributed by atoms with E-state index in [2.05, 4.69) is 10.7 Å². The van der Waals surface area contributed by atoms with Gasteiger partial charge in [0.25, 0.3) is 5.91 Å². The molecule has 0 aliphatic rings. The number of nitrogens with two attached hydrogens (primary N) is 1. The molecule has 0 bridgehead atoms. The van der Waals surface area contributed by atoms with Gasteiger partial charge in [-0.3, -0.25) is 15.4 Å². The summed E-state index contributed by atoms with van der Waals surface area (Å²) in [5.41, 5.74) is 3.32. The molecule has 18 heavy (non-hydrogen) atoms. The number of nitrogens with one attached hydrogen (secondary N) is 2. The van der Waals surface area contributed by atoms with Crippen LogP contribution in [-0.2, 0) is 16.1 Å². The largest absolute Gasteiger partial charge is 0.345 e. The van der Waals surface area contributed by atoms with Crippen LogP contribution in [0.5, 0.6) is 0 Å². The number of ketones is 1. The van der Waals surface area contributed by atoms with Crippen LogP contribution in [0.15, 0.2) is 30.3 Å². The third-order valence-electron chi connectivity index (χ3n) is 2.61. The van der Waals surface area contributed by atoms with Gasteiger partial charge in [0.15, 0.2) is 0 Å². The van der Waals surface area contributed by atoms with E-state index < -0.39 is 17.7 Å². The topological polar surface area (TPSA) is 84.2 Å². The van der Waals surface area contributed by atoms with Gasteiger partial charge in [-0.2, -0.15) is 0 Å². The van der Waals surface area contributed by atoms with E-state index in [9.17, 15) is 9.59 Å². The van der Waals surface area contributed by atoms with E-state index in [4.69, 9.17) is 5.84 Å². The van der Waals surface area contributed by atoms with Crippen LogP contribution in [0.25, 0.3) is 0 Å². The van der Waals surface area contributed by atoms with Crippen molar-refractivity contribution in [1.29, 1.82) is 0 Å². The smallest absolute Gasteiger partial charge is 0.289 e. The first kappa shape index (κ1) is 14.3. The summed E-state index contributed by atoms with van der Waals surface area (Å²) in [4.78, 5) is 23.4. The fourth-order valence-electron chi connectivity index (χ4n) is 1.60. The first-order valence-corrected chi connectivity index (χ1v) is 6.01. The van der Waals surface area contributed by atoms with Crippen LogP contribution >= 0.6 is 0 Å². The minimum Gasteiger partial charge on any atom is -0.345 e. The van der Waals surface area contributed by atoms with Gasteiger partial charge in [-0.15, -0.1) is 0 Å². The quantitative estimate of drug-likeness (QED) is 0.373. The zero-order valence-corrected chi connectivity index (χ0v) is 10.5. The number of carbonyl (C=O) groups excluding carboxylic acids is 2. The Kier molecular flexibility index (Phi) is 6.04. The van der Waals surface area contributed by atoms with E-state index in [1.807, 2.05) is 37.3 Å². The van der Waals surface area contributed by atoms with Gasteiger partial charge >= 0.3 is 0 Å². The van der Waals surface area contributed by atoms with Crippen LogP contribution in [0.4, 0.5) is 0 Å². The maximum Gasteiger partial charge on any atom is 0.289 e. The summed E-state index contributed by atoms with van der Waals surface area (Å²) >= 11 is 0. The first-order chi connectivity index (χ1) is 8.69. The van der Waals surface area contributed by atoms with Gasteiger partial charge in [0.2, 0.25) is 5.78 Å². The Bertz CT molecular complexity index is 392. The zero-order valence-electron chi connectivity index (χ0n) is 10.5. The van der Waals surface area contributed by atoms with Crippen LogP contribution in [0.2, 0.25) is 0 Å². The molecule has 5 nitrogen and oxygen atoms in total. The average molecular weight is 249 g/mol. The molecule has 0 spiro atoms. The van der Waals surface area contributed by atoms with Gasteiger partial charge < -0.3 is 5.32 Å². The monoisotopic (exact) mass is 249 g/mol. The number of carbonyl (C=O) groups is 2. The lowest BCUT2D eigenvalue weighted by atomic mass is 10.1. The Balaban J connectivity index is 2.47. The maximum atomic E-state index is 11.7. The van der Waals surface area contributed by atoms with Gasteiger partial charge in [0.05, 0.1) is 6.04 Å². The maximum absolute atomic E-state index is 11.7. The number of hydrazine groups is 1. The summed E-state index contributed by atoms with van der Waals surface area (Å²) in [6.07, 6.45) is 1.33. The molecule has 0 saturated heterocycles. The van der Waals surface area contributed by atoms with E-state index in [1.54, 1.807) is 0 Å². The van der Waals surface area contributed by atoms with E-state index in [0.717, 1.165) is 12.0 Å². The number of rotatable bonds is 7. The molecule has 1 rings (SSSR count). The molecule has 4 N–H and O–H groups in total. The summed E-state index contributed by atoms with van der Waals surface area (Å²) in [7, 11) is 0. The SMILES string of the molecule is CCCC(NN)C(=O)C(=O)NCc1ccccc1. The van der Waals surface area contributed by atoms with Gasteiger partial charge in [0, 0.05) is 6.54 Å². The van der Waals surface area contributed by atoms with Gasteiger partial charge in [-0.05, 0) is 12.0 Å². The Morgan fingerprint density at radius 2 is 1.94 bits per heavy atom. The Morgan fingerprint density at radius 3 is 2.50 bits per heavy atom. The second-order valence-electron chi connectivity index (χ2n) is 4.04. The molecule has 0 saturated carbocycles. The molecular formula is C13H19N3O2. The lowest BCUT2D eigenvalue weighted by Crippen LogP contribution is -2.47. The summed E-state index contributed by atoms with van der Waals surface area (Å²) in [5, 5.41) is 2.59. The molecule has 1 unspecified atom stereocenters. The molecule has 5 heteroatoms. The summed E-state index contributed by atoms with van der Waals surface area (Å²) < 4.78 is 0. The molecule has 98 valence electrons. The second-order valence-corrected chi connectivity index (χ2v) is 4.04. The van der Waals surface area contributed by atoms with E-state index >= 15 is 0 Å². The zero-order chi connectivity index (χ0) is 13.4. The highest BCUT2D eigenvalue weighted by Gasteiger charge is 2.22. The van der Waals surface area contributed by atoms with Crippen molar-refractivity contribution in [2.24, 2.45) is 5.84 Å². The minimum absolute atomic E-state index is 0.342. The molecule has 0 heterocycles. The predicted octanol–water partition coefficient (Wildman–Crippen LogP) is 0.504. The van der Waals surface area contributed by atoms with E-state index in [0.29, 0.717) is 13.0 Å². The fourth-order valence-corrected chi connectivity index (χ4v) is 1.60. The highest BCUT2D eigenvalue weighted by atomic mass is 16.2. The number of benzene rings is 1. The molecule has 0 aromatic heterocycles. The molecule has 1 aromatic carbocycles. The standard InChI is InChI=1S/C13H19N3O2/c1-2-6-11(16-14)12(17)13(18)15-9-10-7-4-3-5-8-10/h3-5,7-8,11,16H,2,6,9,14H2,1H3,(H,15,18). The summed E-state index contributed by atoms with van der Waals surface area (Å²) in [6.45, 7) is 2.27. The third kappa shape index (κ3) is 4.27. The second kappa shape index (κ2) is 7.58. The van der Waals surface area contributed by atoms with E-state index in [-0.39, 0.29) is 0 Å². The van der Waals surface area contributed by atoms with Crippen molar-refractivity contribution in [2.75, 3.05) is 0 Å². The van der Waals surface area contributed by atoms with Crippen molar-refractivity contribution >= 4 is 11.7 Å². The molecule has 1 aromatic rings. The van der Waals surface area contributed by atoms with Crippen LogP contribution in [0, 0.1) is 0 Å². The summed E-state index contributed by atoms with van der Waals surface area (Å²) in [6, 6.07) is 8.82. The van der Waals surface area contributed by atoms with Crippen LogP contribution in [0.3, 0.4) is 0 Å². The lowest BCUT2D eigenvalue weighted by molar-refractivity contribution is -0.139. The Morgan fingerprint density at radius 1 is 1.28 bits per heavy atom. The fraction of sp³-hybridized carbons (Fsp3) is 0.385. The average Bonchev–Trinajstić information content (AvgIpc) is 2.42. The third-order valence-corrected chi connectivity index (χ3v) is 2.61. The predicted molar refractivity (Wildman–Crippen MR) is 69.3 cm³/mol. The van der Waals surface area contributed by atoms with Crippen molar-refractivity contribution in [2.45, 2.75) is 32.4 Å². The van der Waals surface area contributed by atoms with Crippen molar-refractivity contribution in [3.63, 3.8) is 0 Å². The van der Waals surface area contributed by atoms with Crippen molar-refractivity contribution in [3.05, 3.63) is 35.9 Å². The summed E-state index contributed by atoms with van der Waals surface area (Å²) in [5.74, 6) is 4.13. The molecule has 1 amide bonds. The van der Waals surface area contributed by atoms with Gasteiger partial charge in [0.1, 0.15) is 0 Å². The normalized spacial score (nSPS) is 11.9. The minimum atomic E-state index is -0.606. The molecule has 0 radical (unpaired) electrons. The number of hydrogen-bond donors (Lipinski definition) is 3. The van der Waals surface area contributed by atoms with Crippen LogP contribution < -0.4 is 16.6 Å². The molecule has 1 atom stereocenters. The van der Waals surface area contributed by atoms with Gasteiger partial charge in [-0.25, -0.2) is 5.43 Å². The van der Waals surface area contributed by atoms with Gasteiger partial charge in [-0.1, -0.05) is 43.7 Å². The number of hydrogen-bond acceptors (Lipinski definition) is 4. The Labute approximate surface area is 107 Å². The number of amides is 1. The van der Waals surface area contributed by atoms with Crippen molar-refractivity contribution in [3.8, 4) is 0 Å². The van der Waals surface area contributed by atoms with Crippen LogP contribution in [0.1, 0.15) is 25.3 Å². The van der Waals surface area contributed by atoms with E-state index in [1.165, 1.54) is 0 Å². The lowest BCUT2D eigenvalue weighted by Gasteiger charge is -2.13. The molecule has 0 aliphatic heterocycles. The number of Topliss-reactive ketones (excluding diaryl/α,β-unsaturated/α-hetero) is 1. The first-order valence-electron chi connectivity index (χ1n) is 6.01. The van der Waals surface area contributed by atoms with Crippen molar-refractivity contribution < 1.29 is 9.59 Å². The molecule has 0 fully saturated rings.